The van der Waals surface area contributed by atoms with Gasteiger partial charge in [0.25, 0.3) is 0 Å². The number of methoxy groups -OCH3 is 3. The second-order valence-corrected chi connectivity index (χ2v) is 6.79. The highest BCUT2D eigenvalue weighted by molar-refractivity contribution is 14.0. The number of halogens is 1. The topological polar surface area (TPSA) is 98.4 Å². The number of rotatable bonds is 8. The Kier molecular flexibility index (Phi) is 10.9. The van der Waals surface area contributed by atoms with Gasteiger partial charge in [-0.15, -0.1) is 24.0 Å². The van der Waals surface area contributed by atoms with Crippen molar-refractivity contribution < 1.29 is 19.0 Å². The normalized spacial score (nSPS) is 16.6. The van der Waals surface area contributed by atoms with E-state index in [1.807, 2.05) is 19.1 Å². The van der Waals surface area contributed by atoms with Crippen molar-refractivity contribution in [3.8, 4) is 17.2 Å². The molecule has 1 atom stereocenters. The summed E-state index contributed by atoms with van der Waals surface area (Å²) in [6.45, 7) is 4.92. The van der Waals surface area contributed by atoms with E-state index >= 15 is 0 Å². The van der Waals surface area contributed by atoms with Crippen molar-refractivity contribution in [1.29, 1.82) is 0 Å². The number of likely N-dealkylation sites (tertiary alicyclic amines) is 1. The van der Waals surface area contributed by atoms with Gasteiger partial charge in [-0.25, -0.2) is 4.99 Å². The van der Waals surface area contributed by atoms with Gasteiger partial charge in [0, 0.05) is 31.6 Å². The van der Waals surface area contributed by atoms with Crippen molar-refractivity contribution >= 4 is 35.8 Å². The van der Waals surface area contributed by atoms with E-state index in [2.05, 4.69) is 10.2 Å². The van der Waals surface area contributed by atoms with Crippen molar-refractivity contribution in [3.63, 3.8) is 0 Å². The van der Waals surface area contributed by atoms with Crippen molar-refractivity contribution in [2.24, 2.45) is 16.6 Å². The first-order chi connectivity index (χ1) is 13.5. The molecule has 9 heteroatoms. The van der Waals surface area contributed by atoms with Crippen LogP contribution in [-0.4, -0.2) is 57.7 Å². The SMILES string of the molecule is CCNC(=NCc1ccc(OC)c(OC)c1OC)N1CCCC(CC(N)=O)C1.I. The molecule has 0 spiro atoms. The molecule has 0 bridgehead atoms. The first kappa shape index (κ1) is 25.1. The molecule has 1 amide bonds. The Balaban J connectivity index is 0.00000420. The van der Waals surface area contributed by atoms with E-state index in [9.17, 15) is 4.79 Å². The highest BCUT2D eigenvalue weighted by Gasteiger charge is 2.24. The number of nitrogens with one attached hydrogen (secondary N) is 1. The lowest BCUT2D eigenvalue weighted by Gasteiger charge is -2.34. The third-order valence-electron chi connectivity index (χ3n) is 4.83. The molecule has 1 saturated heterocycles. The van der Waals surface area contributed by atoms with Crippen LogP contribution in [0.3, 0.4) is 0 Å². The molecule has 0 saturated carbocycles. The summed E-state index contributed by atoms with van der Waals surface area (Å²) in [5, 5.41) is 3.35. The van der Waals surface area contributed by atoms with Crippen LogP contribution in [0.5, 0.6) is 17.2 Å². The molecule has 0 aromatic heterocycles. The van der Waals surface area contributed by atoms with Crippen LogP contribution < -0.4 is 25.3 Å². The molecule has 8 nitrogen and oxygen atoms in total. The van der Waals surface area contributed by atoms with Gasteiger partial charge in [0.05, 0.1) is 27.9 Å². The van der Waals surface area contributed by atoms with Crippen molar-refractivity contribution in [2.45, 2.75) is 32.7 Å². The summed E-state index contributed by atoms with van der Waals surface area (Å²) in [7, 11) is 4.79. The fourth-order valence-electron chi connectivity index (χ4n) is 3.58. The summed E-state index contributed by atoms with van der Waals surface area (Å²) in [5.41, 5.74) is 6.29. The molecule has 1 aromatic carbocycles. The van der Waals surface area contributed by atoms with Gasteiger partial charge in [0.1, 0.15) is 0 Å². The molecular formula is C20H33IN4O4. The van der Waals surface area contributed by atoms with Gasteiger partial charge >= 0.3 is 0 Å². The number of amides is 1. The molecular weight excluding hydrogens is 487 g/mol. The van der Waals surface area contributed by atoms with Gasteiger partial charge in [-0.1, -0.05) is 0 Å². The van der Waals surface area contributed by atoms with Crippen LogP contribution in [0.15, 0.2) is 17.1 Å². The van der Waals surface area contributed by atoms with E-state index < -0.39 is 0 Å². The number of nitrogens with zero attached hydrogens (tertiary/aromatic N) is 2. The number of piperidine rings is 1. The fraction of sp³-hybridized carbons (Fsp3) is 0.600. The van der Waals surface area contributed by atoms with Crippen LogP contribution in [0, 0.1) is 5.92 Å². The van der Waals surface area contributed by atoms with Crippen molar-refractivity contribution in [3.05, 3.63) is 17.7 Å². The van der Waals surface area contributed by atoms with Crippen LogP contribution in [0.4, 0.5) is 0 Å². The lowest BCUT2D eigenvalue weighted by atomic mass is 9.95. The monoisotopic (exact) mass is 520 g/mol. The van der Waals surface area contributed by atoms with Gasteiger partial charge in [0.2, 0.25) is 11.7 Å². The predicted molar refractivity (Wildman–Crippen MR) is 124 cm³/mol. The molecule has 0 aliphatic carbocycles. The first-order valence-electron chi connectivity index (χ1n) is 9.63. The number of carbonyl (C=O) groups excluding carboxylic acids is 1. The molecule has 2 rings (SSSR count). The summed E-state index contributed by atoms with van der Waals surface area (Å²) in [6.07, 6.45) is 2.45. The zero-order chi connectivity index (χ0) is 20.5. The van der Waals surface area contributed by atoms with Crippen molar-refractivity contribution in [1.82, 2.24) is 10.2 Å². The molecule has 1 aliphatic rings. The van der Waals surface area contributed by atoms with Crippen LogP contribution in [0.2, 0.25) is 0 Å². The number of ether oxygens (including phenoxy) is 3. The van der Waals surface area contributed by atoms with Crippen LogP contribution in [0.1, 0.15) is 31.7 Å². The number of primary amides is 1. The summed E-state index contributed by atoms with van der Waals surface area (Å²) >= 11 is 0. The Morgan fingerprint density at radius 3 is 2.55 bits per heavy atom. The molecule has 1 aromatic rings. The third kappa shape index (κ3) is 6.83. The second-order valence-electron chi connectivity index (χ2n) is 6.79. The number of hydrogen-bond donors (Lipinski definition) is 2. The molecule has 1 unspecified atom stereocenters. The molecule has 1 aliphatic heterocycles. The number of nitrogens with two attached hydrogens (primary N) is 1. The predicted octanol–water partition coefficient (Wildman–Crippen LogP) is 2.38. The maximum absolute atomic E-state index is 11.3. The van der Waals surface area contributed by atoms with E-state index in [0.29, 0.717) is 30.2 Å². The van der Waals surface area contributed by atoms with E-state index in [1.165, 1.54) is 0 Å². The number of benzene rings is 1. The summed E-state index contributed by atoms with van der Waals surface area (Å²) in [4.78, 5) is 18.3. The molecule has 0 radical (unpaired) electrons. The highest BCUT2D eigenvalue weighted by Crippen LogP contribution is 2.40. The van der Waals surface area contributed by atoms with Crippen LogP contribution in [-0.2, 0) is 11.3 Å². The third-order valence-corrected chi connectivity index (χ3v) is 4.83. The number of aliphatic imine (C=N–C) groups is 1. The molecule has 3 N–H and O–H groups in total. The Morgan fingerprint density at radius 2 is 1.97 bits per heavy atom. The van der Waals surface area contributed by atoms with Gasteiger partial charge < -0.3 is 30.2 Å². The zero-order valence-electron chi connectivity index (χ0n) is 17.7. The average Bonchev–Trinajstić information content (AvgIpc) is 2.69. The quantitative estimate of drug-likeness (QED) is 0.311. The van der Waals surface area contributed by atoms with Gasteiger partial charge in [0.15, 0.2) is 17.5 Å². The summed E-state index contributed by atoms with van der Waals surface area (Å²) < 4.78 is 16.3. The lowest BCUT2D eigenvalue weighted by molar-refractivity contribution is -0.119. The molecule has 164 valence electrons. The Labute approximate surface area is 190 Å². The highest BCUT2D eigenvalue weighted by atomic mass is 127. The summed E-state index contributed by atoms with van der Waals surface area (Å²) in [5.74, 6) is 2.64. The van der Waals surface area contributed by atoms with Gasteiger partial charge in [-0.05, 0) is 37.8 Å². The molecule has 29 heavy (non-hydrogen) atoms. The first-order valence-corrected chi connectivity index (χ1v) is 9.63. The summed E-state index contributed by atoms with van der Waals surface area (Å²) in [6, 6.07) is 3.78. The molecule has 1 heterocycles. The van der Waals surface area contributed by atoms with Gasteiger partial charge in [-0.3, -0.25) is 4.79 Å². The standard InChI is InChI=1S/C20H32N4O4.HI/c1-5-22-20(24-10-6-7-14(13-24)11-17(21)25)23-12-15-8-9-16(26-2)19(28-4)18(15)27-3;/h8-9,14H,5-7,10-13H2,1-4H3,(H2,21,25)(H,22,23);1H. The van der Waals surface area contributed by atoms with Crippen molar-refractivity contribution in [2.75, 3.05) is 41.0 Å². The smallest absolute Gasteiger partial charge is 0.217 e. The maximum Gasteiger partial charge on any atom is 0.217 e. The average molecular weight is 520 g/mol. The minimum atomic E-state index is -0.246. The number of carbonyl (C=O) groups is 1. The van der Waals surface area contributed by atoms with Crippen LogP contribution in [0.25, 0.3) is 0 Å². The largest absolute Gasteiger partial charge is 0.493 e. The minimum absolute atomic E-state index is 0. The van der Waals surface area contributed by atoms with E-state index in [1.54, 1.807) is 21.3 Å². The zero-order valence-corrected chi connectivity index (χ0v) is 20.0. The Morgan fingerprint density at radius 1 is 1.24 bits per heavy atom. The van der Waals surface area contributed by atoms with Crippen LogP contribution >= 0.6 is 24.0 Å². The fourth-order valence-corrected chi connectivity index (χ4v) is 3.58. The second kappa shape index (κ2) is 12.6. The number of guanidine groups is 1. The van der Waals surface area contributed by atoms with Gasteiger partial charge in [-0.2, -0.15) is 0 Å². The maximum atomic E-state index is 11.3. The van der Waals surface area contributed by atoms with E-state index in [-0.39, 0.29) is 35.8 Å². The van der Waals surface area contributed by atoms with E-state index in [4.69, 9.17) is 24.9 Å². The minimum Gasteiger partial charge on any atom is -0.493 e. The number of hydrogen-bond acceptors (Lipinski definition) is 5. The van der Waals surface area contributed by atoms with E-state index in [0.717, 1.165) is 44.0 Å². The molecule has 1 fully saturated rings. The lowest BCUT2D eigenvalue weighted by Crippen LogP contribution is -2.47. The Hall–Kier alpha value is -1.91. The Bertz CT molecular complexity index is 699.